The van der Waals surface area contributed by atoms with Crippen molar-refractivity contribution in [1.29, 1.82) is 0 Å². The van der Waals surface area contributed by atoms with Crippen molar-refractivity contribution < 1.29 is 19.4 Å². The fraction of sp³-hybridized carbons (Fsp3) is 0.222. The van der Waals surface area contributed by atoms with E-state index in [-0.39, 0.29) is 6.42 Å². The van der Waals surface area contributed by atoms with Crippen LogP contribution in [0.5, 0.6) is 0 Å². The summed E-state index contributed by atoms with van der Waals surface area (Å²) in [5, 5.41) is 3.84. The van der Waals surface area contributed by atoms with Crippen molar-refractivity contribution in [2.24, 2.45) is 0 Å². The number of anilines is 2. The summed E-state index contributed by atoms with van der Waals surface area (Å²) >= 11 is 30.1. The molecule has 2 aromatic rings. The molecule has 0 radical (unpaired) electrons. The van der Waals surface area contributed by atoms with Crippen LogP contribution in [0.3, 0.4) is 0 Å². The van der Waals surface area contributed by atoms with Crippen LogP contribution < -0.4 is 5.32 Å². The minimum absolute atomic E-state index is 0.229. The van der Waals surface area contributed by atoms with Gasteiger partial charge in [0, 0.05) is 19.0 Å². The number of carbonyl (C=O) groups is 2. The lowest BCUT2D eigenvalue weighted by molar-refractivity contribution is -0.258. The zero-order chi connectivity index (χ0) is 20.9. The van der Waals surface area contributed by atoms with E-state index < -0.39 is 21.6 Å². The van der Waals surface area contributed by atoms with Crippen molar-refractivity contribution in [2.45, 2.75) is 23.1 Å². The third kappa shape index (κ3) is 6.61. The highest BCUT2D eigenvalue weighted by Gasteiger charge is 2.35. The molecule has 0 spiro atoms. The molecule has 0 aliphatic rings. The van der Waals surface area contributed by atoms with Crippen LogP contribution in [-0.4, -0.2) is 15.7 Å². The number of hydrogen-bond acceptors (Lipinski definition) is 5. The average molecular weight is 486 g/mol. The van der Waals surface area contributed by atoms with Crippen molar-refractivity contribution in [3.8, 4) is 0 Å². The van der Waals surface area contributed by atoms with E-state index >= 15 is 0 Å². The van der Waals surface area contributed by atoms with E-state index in [1.165, 1.54) is 0 Å². The second-order valence-electron chi connectivity index (χ2n) is 5.66. The van der Waals surface area contributed by atoms with Gasteiger partial charge in [-0.05, 0) is 23.8 Å². The SMILES string of the molecule is CC(=O)OOC(=O)C(CC(Cl)(Cl)Cl)c1ccccc1Nc1c(Cl)cccc1Cl. The Hall–Kier alpha value is -1.37. The van der Waals surface area contributed by atoms with E-state index in [1.54, 1.807) is 42.5 Å². The second kappa shape index (κ2) is 9.90. The van der Waals surface area contributed by atoms with Gasteiger partial charge in [-0.3, -0.25) is 0 Å². The Balaban J connectivity index is 2.43. The molecule has 0 saturated heterocycles. The number of para-hydroxylation sites is 2. The molecule has 150 valence electrons. The fourth-order valence-electron chi connectivity index (χ4n) is 2.38. The highest BCUT2D eigenvalue weighted by Crippen LogP contribution is 2.41. The maximum atomic E-state index is 12.5. The van der Waals surface area contributed by atoms with Crippen molar-refractivity contribution in [3.05, 3.63) is 58.1 Å². The zero-order valence-corrected chi connectivity index (χ0v) is 18.1. The molecule has 0 amide bonds. The zero-order valence-electron chi connectivity index (χ0n) is 14.3. The monoisotopic (exact) mass is 483 g/mol. The highest BCUT2D eigenvalue weighted by molar-refractivity contribution is 6.67. The first kappa shape index (κ1) is 22.9. The molecule has 10 heteroatoms. The van der Waals surface area contributed by atoms with Gasteiger partial charge >= 0.3 is 11.9 Å². The number of nitrogens with one attached hydrogen (secondary N) is 1. The average Bonchev–Trinajstić information content (AvgIpc) is 2.60. The molecule has 28 heavy (non-hydrogen) atoms. The number of rotatable bonds is 5. The van der Waals surface area contributed by atoms with Gasteiger partial charge in [-0.1, -0.05) is 82.3 Å². The number of halogens is 5. The third-order valence-corrected chi connectivity index (χ3v) is 4.61. The molecule has 0 aliphatic carbocycles. The molecule has 1 atom stereocenters. The highest BCUT2D eigenvalue weighted by atomic mass is 35.6. The first-order valence-electron chi connectivity index (χ1n) is 7.84. The molecule has 0 aliphatic heterocycles. The summed E-state index contributed by atoms with van der Waals surface area (Å²) in [6, 6.07) is 11.8. The fourth-order valence-corrected chi connectivity index (χ4v) is 3.33. The summed E-state index contributed by atoms with van der Waals surface area (Å²) in [4.78, 5) is 32.4. The lowest BCUT2D eigenvalue weighted by Crippen LogP contribution is -2.23. The second-order valence-corrected chi connectivity index (χ2v) is 8.99. The minimum Gasteiger partial charge on any atom is -0.353 e. The van der Waals surface area contributed by atoms with Crippen LogP contribution in [-0.2, 0) is 19.4 Å². The maximum Gasteiger partial charge on any atom is 0.363 e. The van der Waals surface area contributed by atoms with Crippen molar-refractivity contribution in [2.75, 3.05) is 5.32 Å². The number of benzene rings is 2. The Morgan fingerprint density at radius 3 is 2.18 bits per heavy atom. The molecular weight excluding hydrogens is 471 g/mol. The van der Waals surface area contributed by atoms with Gasteiger partial charge in [0.1, 0.15) is 0 Å². The Kier molecular flexibility index (Phi) is 8.10. The topological polar surface area (TPSA) is 64.6 Å². The molecule has 0 fully saturated rings. The predicted octanol–water partition coefficient (Wildman–Crippen LogP) is 6.60. The molecule has 1 unspecified atom stereocenters. The summed E-state index contributed by atoms with van der Waals surface area (Å²) in [5.41, 5.74) is 1.36. The summed E-state index contributed by atoms with van der Waals surface area (Å²) in [6.07, 6.45) is -0.229. The van der Waals surface area contributed by atoms with E-state index in [0.29, 0.717) is 27.0 Å². The van der Waals surface area contributed by atoms with Crippen LogP contribution >= 0.6 is 58.0 Å². The Morgan fingerprint density at radius 1 is 1.00 bits per heavy atom. The molecule has 1 N–H and O–H groups in total. The molecule has 0 bridgehead atoms. The summed E-state index contributed by atoms with van der Waals surface area (Å²) < 4.78 is -1.77. The van der Waals surface area contributed by atoms with Gasteiger partial charge in [0.05, 0.1) is 21.7 Å². The summed E-state index contributed by atoms with van der Waals surface area (Å²) in [7, 11) is 0. The van der Waals surface area contributed by atoms with E-state index in [0.717, 1.165) is 6.92 Å². The predicted molar refractivity (Wildman–Crippen MR) is 112 cm³/mol. The molecular formula is C18H14Cl5NO4. The Bertz CT molecular complexity index is 849. The van der Waals surface area contributed by atoms with Gasteiger partial charge in [-0.2, -0.15) is 0 Å². The number of alkyl halides is 3. The van der Waals surface area contributed by atoms with Crippen molar-refractivity contribution >= 4 is 81.3 Å². The lowest BCUT2D eigenvalue weighted by Gasteiger charge is -2.22. The van der Waals surface area contributed by atoms with E-state index in [1.807, 2.05) is 0 Å². The summed E-state index contributed by atoms with van der Waals surface area (Å²) in [5.74, 6) is -2.76. The standard InChI is InChI=1S/C18H14Cl5NO4/c1-10(25)27-28-17(26)12(9-18(21,22)23)11-5-2-3-8-15(11)24-16-13(19)6-4-7-14(16)20/h2-8,12,24H,9H2,1H3. The van der Waals surface area contributed by atoms with Crippen LogP contribution in [0.2, 0.25) is 10.0 Å². The third-order valence-electron chi connectivity index (χ3n) is 3.52. The normalized spacial score (nSPS) is 12.2. The van der Waals surface area contributed by atoms with Gasteiger partial charge in [0.2, 0.25) is 0 Å². The Labute approximate surface area is 186 Å². The van der Waals surface area contributed by atoms with Crippen LogP contribution in [0.4, 0.5) is 11.4 Å². The summed E-state index contributed by atoms with van der Waals surface area (Å²) in [6.45, 7) is 1.09. The van der Waals surface area contributed by atoms with E-state index in [4.69, 9.17) is 58.0 Å². The Morgan fingerprint density at radius 2 is 1.61 bits per heavy atom. The number of carbonyl (C=O) groups excluding carboxylic acids is 2. The maximum absolute atomic E-state index is 12.5. The van der Waals surface area contributed by atoms with Gasteiger partial charge in [-0.25, -0.2) is 19.4 Å². The molecule has 0 aromatic heterocycles. The van der Waals surface area contributed by atoms with Crippen LogP contribution in [0.1, 0.15) is 24.8 Å². The smallest absolute Gasteiger partial charge is 0.353 e. The van der Waals surface area contributed by atoms with Crippen molar-refractivity contribution in [1.82, 2.24) is 0 Å². The van der Waals surface area contributed by atoms with Crippen LogP contribution in [0.15, 0.2) is 42.5 Å². The first-order valence-corrected chi connectivity index (χ1v) is 9.73. The van der Waals surface area contributed by atoms with Crippen LogP contribution in [0.25, 0.3) is 0 Å². The number of hydrogen-bond donors (Lipinski definition) is 1. The minimum atomic E-state index is -1.77. The molecule has 0 saturated carbocycles. The largest absolute Gasteiger partial charge is 0.363 e. The molecule has 2 aromatic carbocycles. The van der Waals surface area contributed by atoms with Gasteiger partial charge in [0.25, 0.3) is 0 Å². The van der Waals surface area contributed by atoms with Gasteiger partial charge in [-0.15, -0.1) is 0 Å². The molecule has 0 heterocycles. The lowest BCUT2D eigenvalue weighted by atomic mass is 9.94. The van der Waals surface area contributed by atoms with Crippen LogP contribution in [0, 0.1) is 0 Å². The van der Waals surface area contributed by atoms with E-state index in [9.17, 15) is 9.59 Å². The van der Waals surface area contributed by atoms with Gasteiger partial charge in [0.15, 0.2) is 3.79 Å². The van der Waals surface area contributed by atoms with E-state index in [2.05, 4.69) is 15.1 Å². The first-order chi connectivity index (χ1) is 13.1. The molecule has 2 rings (SSSR count). The quantitative estimate of drug-likeness (QED) is 0.294. The molecule has 5 nitrogen and oxygen atoms in total. The van der Waals surface area contributed by atoms with Gasteiger partial charge < -0.3 is 5.32 Å². The van der Waals surface area contributed by atoms with Crippen molar-refractivity contribution in [3.63, 3.8) is 0 Å².